The van der Waals surface area contributed by atoms with Crippen molar-refractivity contribution in [3.05, 3.63) is 5.21 Å². The van der Waals surface area contributed by atoms with Crippen LogP contribution in [0.5, 0.6) is 0 Å². The molecule has 0 saturated carbocycles. The molecule has 0 amide bonds. The minimum absolute atomic E-state index is 0.314. The molecule has 0 saturated heterocycles. The van der Waals surface area contributed by atoms with Crippen LogP contribution in [0.1, 0.15) is 96.8 Å². The lowest BCUT2D eigenvalue weighted by Crippen LogP contribution is -2.01. The Morgan fingerprint density at radius 1 is 0.700 bits per heavy atom. The smallest absolute Gasteiger partial charge is 0.197 e. The molecule has 0 aliphatic carbocycles. The molecule has 20 heavy (non-hydrogen) atoms. The third kappa shape index (κ3) is 15.3. The van der Waals surface area contributed by atoms with E-state index in [1.807, 2.05) is 0 Å². The summed E-state index contributed by atoms with van der Waals surface area (Å²) in [5, 5.41) is 21.4. The van der Waals surface area contributed by atoms with Crippen molar-refractivity contribution in [2.24, 2.45) is 5.28 Å². The molecule has 1 N–H and O–H groups in total. The highest BCUT2D eigenvalue weighted by atomic mass is 16.6. The van der Waals surface area contributed by atoms with Gasteiger partial charge in [-0.05, 0) is 6.42 Å². The molecule has 4 heteroatoms. The Kier molecular flexibility index (Phi) is 15.6. The summed E-state index contributed by atoms with van der Waals surface area (Å²) in [5.41, 5.74) is 0. The van der Waals surface area contributed by atoms with E-state index in [9.17, 15) is 5.21 Å². The number of rotatable bonds is 15. The number of nitrogens with zero attached hydrogens (tertiary/aromatic N) is 2. The first-order chi connectivity index (χ1) is 9.81. The molecule has 0 rings (SSSR count). The average Bonchev–Trinajstić information content (AvgIpc) is 2.47. The maximum atomic E-state index is 10.6. The second kappa shape index (κ2) is 16.3. The van der Waals surface area contributed by atoms with Gasteiger partial charge in [-0.1, -0.05) is 88.8 Å². The molecule has 0 aromatic heterocycles. The first kappa shape index (κ1) is 19.2. The number of hydrogen-bond donors (Lipinski definition) is 1. The molecule has 0 aromatic rings. The normalized spacial score (nSPS) is 11.9. The van der Waals surface area contributed by atoms with Gasteiger partial charge in [-0.25, -0.2) is 0 Å². The van der Waals surface area contributed by atoms with Gasteiger partial charge in [-0.15, -0.1) is 0 Å². The van der Waals surface area contributed by atoms with E-state index in [4.69, 9.17) is 5.21 Å². The molecule has 120 valence electrons. The van der Waals surface area contributed by atoms with Gasteiger partial charge in [0.15, 0.2) is 11.8 Å². The van der Waals surface area contributed by atoms with Gasteiger partial charge in [0.25, 0.3) is 0 Å². The summed E-state index contributed by atoms with van der Waals surface area (Å²) in [6, 6.07) is 0. The van der Waals surface area contributed by atoms with Crippen LogP contribution in [-0.4, -0.2) is 16.6 Å². The molecule has 0 unspecified atom stereocenters. The lowest BCUT2D eigenvalue weighted by molar-refractivity contribution is -0.556. The Labute approximate surface area is 124 Å². The summed E-state index contributed by atoms with van der Waals surface area (Å²) in [6.45, 7) is 2.58. The van der Waals surface area contributed by atoms with Crippen molar-refractivity contribution >= 4 is 0 Å². The molecule has 0 aliphatic rings. The van der Waals surface area contributed by atoms with E-state index in [2.05, 4.69) is 12.2 Å². The van der Waals surface area contributed by atoms with Crippen molar-refractivity contribution < 1.29 is 10.1 Å². The molecule has 0 aromatic carbocycles. The fourth-order valence-corrected chi connectivity index (χ4v) is 2.49. The van der Waals surface area contributed by atoms with Gasteiger partial charge in [0.05, 0.1) is 0 Å². The van der Waals surface area contributed by atoms with E-state index in [0.717, 1.165) is 12.8 Å². The van der Waals surface area contributed by atoms with Gasteiger partial charge in [-0.2, -0.15) is 0 Å². The fraction of sp³-hybridized carbons (Fsp3) is 1.00. The number of hydroxylamine groups is 1. The SMILES string of the molecule is CCCCCCCCCCCCCCCC[N+]([O-])=NO. The molecule has 0 atom stereocenters. The van der Waals surface area contributed by atoms with Gasteiger partial charge >= 0.3 is 0 Å². The maximum absolute atomic E-state index is 10.6. The fourth-order valence-electron chi connectivity index (χ4n) is 2.49. The Balaban J connectivity index is 2.99. The van der Waals surface area contributed by atoms with E-state index in [-0.39, 0.29) is 0 Å². The van der Waals surface area contributed by atoms with E-state index in [1.165, 1.54) is 77.0 Å². The Hall–Kier alpha value is -0.800. The highest BCUT2D eigenvalue weighted by Gasteiger charge is 1.97. The largest absolute Gasteiger partial charge is 0.597 e. The van der Waals surface area contributed by atoms with Crippen LogP contribution < -0.4 is 0 Å². The minimum atomic E-state index is 0.314. The lowest BCUT2D eigenvalue weighted by atomic mass is 10.0. The van der Waals surface area contributed by atoms with Gasteiger partial charge < -0.3 is 10.4 Å². The van der Waals surface area contributed by atoms with E-state index in [0.29, 0.717) is 11.4 Å². The Bertz CT molecular complexity index is 221. The zero-order valence-corrected chi connectivity index (χ0v) is 13.4. The van der Waals surface area contributed by atoms with E-state index >= 15 is 0 Å². The predicted octanol–water partition coefficient (Wildman–Crippen LogP) is 5.82. The molecule has 0 spiro atoms. The first-order valence-electron chi connectivity index (χ1n) is 8.61. The summed E-state index contributed by atoms with van der Waals surface area (Å²) in [5.74, 6) is 0. The summed E-state index contributed by atoms with van der Waals surface area (Å²) >= 11 is 0. The first-order valence-corrected chi connectivity index (χ1v) is 8.61. The predicted molar refractivity (Wildman–Crippen MR) is 83.0 cm³/mol. The zero-order chi connectivity index (χ0) is 14.9. The van der Waals surface area contributed by atoms with Crippen molar-refractivity contribution in [1.82, 2.24) is 0 Å². The van der Waals surface area contributed by atoms with Crippen molar-refractivity contribution in [2.75, 3.05) is 6.54 Å². The van der Waals surface area contributed by atoms with Crippen LogP contribution in [0.2, 0.25) is 0 Å². The molecule has 0 radical (unpaired) electrons. The van der Waals surface area contributed by atoms with Crippen LogP contribution in [-0.2, 0) is 0 Å². The van der Waals surface area contributed by atoms with Crippen LogP contribution in [0.25, 0.3) is 0 Å². The lowest BCUT2D eigenvalue weighted by Gasteiger charge is -2.03. The topological polar surface area (TPSA) is 58.7 Å². The van der Waals surface area contributed by atoms with Gasteiger partial charge in [0.2, 0.25) is 0 Å². The Morgan fingerprint density at radius 2 is 1.05 bits per heavy atom. The van der Waals surface area contributed by atoms with Gasteiger partial charge in [-0.3, -0.25) is 0 Å². The van der Waals surface area contributed by atoms with E-state index in [1.54, 1.807) is 0 Å². The minimum Gasteiger partial charge on any atom is -0.597 e. The number of hydrogen-bond acceptors (Lipinski definition) is 2. The quantitative estimate of drug-likeness (QED) is 0.178. The summed E-state index contributed by atoms with van der Waals surface area (Å²) < 4.78 is 0. The highest BCUT2D eigenvalue weighted by molar-refractivity contribution is 4.49. The van der Waals surface area contributed by atoms with Crippen molar-refractivity contribution in [1.29, 1.82) is 0 Å². The molecule has 0 bridgehead atoms. The standard InChI is InChI=1S/C16H34N2O2/c1-2-3-4-5-6-7-8-9-10-11-12-13-14-15-16-18(20)17-19/h19H,2-16H2,1H3. The van der Waals surface area contributed by atoms with E-state index < -0.39 is 0 Å². The van der Waals surface area contributed by atoms with Crippen LogP contribution in [0.4, 0.5) is 0 Å². The Morgan fingerprint density at radius 3 is 1.40 bits per heavy atom. The van der Waals surface area contributed by atoms with Crippen LogP contribution in [0, 0.1) is 5.21 Å². The highest BCUT2D eigenvalue weighted by Crippen LogP contribution is 2.12. The number of unbranched alkanes of at least 4 members (excludes halogenated alkanes) is 13. The summed E-state index contributed by atoms with van der Waals surface area (Å²) in [4.78, 5) is 0.348. The molecular weight excluding hydrogens is 252 g/mol. The molecule has 0 aliphatic heterocycles. The molecule has 0 heterocycles. The average molecular weight is 286 g/mol. The third-order valence-electron chi connectivity index (χ3n) is 3.80. The zero-order valence-electron chi connectivity index (χ0n) is 13.4. The van der Waals surface area contributed by atoms with Crippen molar-refractivity contribution in [3.63, 3.8) is 0 Å². The summed E-state index contributed by atoms with van der Waals surface area (Å²) in [7, 11) is 0. The third-order valence-corrected chi connectivity index (χ3v) is 3.80. The van der Waals surface area contributed by atoms with Crippen LogP contribution in [0.15, 0.2) is 5.28 Å². The van der Waals surface area contributed by atoms with Crippen molar-refractivity contribution in [2.45, 2.75) is 96.8 Å². The summed E-state index contributed by atoms with van der Waals surface area (Å²) in [6.07, 6.45) is 18.2. The molecule has 4 nitrogen and oxygen atoms in total. The van der Waals surface area contributed by atoms with Crippen LogP contribution in [0.3, 0.4) is 0 Å². The van der Waals surface area contributed by atoms with Gasteiger partial charge in [0.1, 0.15) is 0 Å². The van der Waals surface area contributed by atoms with Crippen molar-refractivity contribution in [3.8, 4) is 0 Å². The molecule has 0 fully saturated rings. The monoisotopic (exact) mass is 286 g/mol. The molecular formula is C16H34N2O2. The second-order valence-electron chi connectivity index (χ2n) is 5.76. The van der Waals surface area contributed by atoms with Crippen LogP contribution >= 0.6 is 0 Å². The van der Waals surface area contributed by atoms with Gasteiger partial charge in [0, 0.05) is 6.42 Å². The second-order valence-corrected chi connectivity index (χ2v) is 5.76. The maximum Gasteiger partial charge on any atom is 0.197 e.